The van der Waals surface area contributed by atoms with Crippen LogP contribution in [0.25, 0.3) is 0 Å². The SMILES string of the molecule is CC(C)C(O)CNCc1nc(Cc2ccccc2)no1. The summed E-state index contributed by atoms with van der Waals surface area (Å²) in [6.45, 7) is 4.97. The summed E-state index contributed by atoms with van der Waals surface area (Å²) in [7, 11) is 0. The Morgan fingerprint density at radius 3 is 2.70 bits per heavy atom. The van der Waals surface area contributed by atoms with E-state index in [2.05, 4.69) is 15.5 Å². The highest BCUT2D eigenvalue weighted by molar-refractivity contribution is 5.18. The molecule has 1 atom stereocenters. The maximum Gasteiger partial charge on any atom is 0.240 e. The van der Waals surface area contributed by atoms with E-state index in [1.54, 1.807) is 0 Å². The highest BCUT2D eigenvalue weighted by Crippen LogP contribution is 2.06. The van der Waals surface area contributed by atoms with Gasteiger partial charge in [-0.2, -0.15) is 4.98 Å². The molecule has 20 heavy (non-hydrogen) atoms. The highest BCUT2D eigenvalue weighted by Gasteiger charge is 2.10. The zero-order valence-corrected chi connectivity index (χ0v) is 11.9. The number of hydrogen-bond donors (Lipinski definition) is 2. The van der Waals surface area contributed by atoms with Crippen molar-refractivity contribution in [3.63, 3.8) is 0 Å². The second kappa shape index (κ2) is 7.17. The standard InChI is InChI=1S/C15H21N3O2/c1-11(2)13(19)9-16-10-15-17-14(18-20-15)8-12-6-4-3-5-7-12/h3-7,11,13,16,19H,8-10H2,1-2H3. The number of nitrogens with one attached hydrogen (secondary N) is 1. The molecule has 0 saturated carbocycles. The molecule has 0 bridgehead atoms. The van der Waals surface area contributed by atoms with Gasteiger partial charge < -0.3 is 14.9 Å². The Kier molecular flexibility index (Phi) is 5.26. The lowest BCUT2D eigenvalue weighted by Crippen LogP contribution is -2.30. The number of nitrogens with zero attached hydrogens (tertiary/aromatic N) is 2. The third kappa shape index (κ3) is 4.43. The van der Waals surface area contributed by atoms with Crippen molar-refractivity contribution in [3.8, 4) is 0 Å². The van der Waals surface area contributed by atoms with E-state index in [0.717, 1.165) is 5.56 Å². The molecule has 0 radical (unpaired) electrons. The van der Waals surface area contributed by atoms with E-state index in [0.29, 0.717) is 31.2 Å². The Morgan fingerprint density at radius 1 is 1.25 bits per heavy atom. The second-order valence-electron chi connectivity index (χ2n) is 5.21. The van der Waals surface area contributed by atoms with Gasteiger partial charge in [0.25, 0.3) is 0 Å². The summed E-state index contributed by atoms with van der Waals surface area (Å²) in [5.41, 5.74) is 1.16. The molecule has 0 amide bonds. The van der Waals surface area contributed by atoms with E-state index < -0.39 is 0 Å². The fourth-order valence-electron chi connectivity index (χ4n) is 1.77. The number of aromatic nitrogens is 2. The Balaban J connectivity index is 1.80. The third-order valence-electron chi connectivity index (χ3n) is 3.11. The number of benzene rings is 1. The fourth-order valence-corrected chi connectivity index (χ4v) is 1.77. The number of hydrogen-bond acceptors (Lipinski definition) is 5. The first-order chi connectivity index (χ1) is 9.65. The molecule has 0 saturated heterocycles. The molecule has 5 heteroatoms. The van der Waals surface area contributed by atoms with Crippen LogP contribution in [0, 0.1) is 5.92 Å². The van der Waals surface area contributed by atoms with Gasteiger partial charge in [-0.25, -0.2) is 0 Å². The van der Waals surface area contributed by atoms with Gasteiger partial charge in [0, 0.05) is 13.0 Å². The van der Waals surface area contributed by atoms with Gasteiger partial charge in [-0.15, -0.1) is 0 Å². The van der Waals surface area contributed by atoms with Crippen molar-refractivity contribution in [2.45, 2.75) is 32.9 Å². The maximum atomic E-state index is 9.68. The van der Waals surface area contributed by atoms with Crippen LogP contribution >= 0.6 is 0 Å². The summed E-state index contributed by atoms with van der Waals surface area (Å²) < 4.78 is 5.17. The lowest BCUT2D eigenvalue weighted by molar-refractivity contribution is 0.122. The molecule has 0 aliphatic carbocycles. The van der Waals surface area contributed by atoms with Crippen molar-refractivity contribution in [2.75, 3.05) is 6.54 Å². The average Bonchev–Trinajstić information content (AvgIpc) is 2.87. The fraction of sp³-hybridized carbons (Fsp3) is 0.467. The highest BCUT2D eigenvalue weighted by atomic mass is 16.5. The van der Waals surface area contributed by atoms with Crippen LogP contribution in [0.3, 0.4) is 0 Å². The maximum absolute atomic E-state index is 9.68. The summed E-state index contributed by atoms with van der Waals surface area (Å²) in [5.74, 6) is 1.46. The van der Waals surface area contributed by atoms with Crippen molar-refractivity contribution in [1.29, 1.82) is 0 Å². The van der Waals surface area contributed by atoms with Gasteiger partial charge in [0.05, 0.1) is 12.6 Å². The van der Waals surface area contributed by atoms with E-state index in [4.69, 9.17) is 4.52 Å². The lowest BCUT2D eigenvalue weighted by Gasteiger charge is -2.13. The summed E-state index contributed by atoms with van der Waals surface area (Å²) in [6.07, 6.45) is 0.306. The molecule has 0 fully saturated rings. The Bertz CT molecular complexity index is 511. The van der Waals surface area contributed by atoms with Crippen LogP contribution in [0.2, 0.25) is 0 Å². The molecule has 1 unspecified atom stereocenters. The monoisotopic (exact) mass is 275 g/mol. The normalized spacial score (nSPS) is 12.8. The van der Waals surface area contributed by atoms with E-state index in [1.807, 2.05) is 44.2 Å². The van der Waals surface area contributed by atoms with Gasteiger partial charge in [-0.05, 0) is 11.5 Å². The number of rotatable bonds is 7. The van der Waals surface area contributed by atoms with Crippen molar-refractivity contribution >= 4 is 0 Å². The van der Waals surface area contributed by atoms with Crippen LogP contribution in [0.1, 0.15) is 31.1 Å². The first kappa shape index (κ1) is 14.7. The van der Waals surface area contributed by atoms with Crippen molar-refractivity contribution < 1.29 is 9.63 Å². The zero-order chi connectivity index (χ0) is 14.4. The van der Waals surface area contributed by atoms with Crippen molar-refractivity contribution in [1.82, 2.24) is 15.5 Å². The molecular weight excluding hydrogens is 254 g/mol. The molecule has 2 rings (SSSR count). The van der Waals surface area contributed by atoms with Gasteiger partial charge in [-0.3, -0.25) is 0 Å². The van der Waals surface area contributed by atoms with Crippen molar-refractivity contribution in [2.24, 2.45) is 5.92 Å². The minimum Gasteiger partial charge on any atom is -0.392 e. The topological polar surface area (TPSA) is 71.2 Å². The molecule has 2 aromatic rings. The molecule has 0 spiro atoms. The van der Waals surface area contributed by atoms with E-state index >= 15 is 0 Å². The molecule has 108 valence electrons. The first-order valence-electron chi connectivity index (χ1n) is 6.89. The van der Waals surface area contributed by atoms with Crippen LogP contribution in [0.15, 0.2) is 34.9 Å². The molecular formula is C15H21N3O2. The van der Waals surface area contributed by atoms with E-state index in [1.165, 1.54) is 0 Å². The van der Waals surface area contributed by atoms with Gasteiger partial charge in [-0.1, -0.05) is 49.3 Å². The summed E-state index contributed by atoms with van der Waals surface area (Å²) in [6, 6.07) is 10.0. The quantitative estimate of drug-likeness (QED) is 0.805. The average molecular weight is 275 g/mol. The van der Waals surface area contributed by atoms with Crippen LogP contribution in [0.5, 0.6) is 0 Å². The van der Waals surface area contributed by atoms with E-state index in [9.17, 15) is 5.11 Å². The van der Waals surface area contributed by atoms with Gasteiger partial charge in [0.1, 0.15) is 0 Å². The molecule has 0 aliphatic rings. The first-order valence-corrected chi connectivity index (χ1v) is 6.89. The van der Waals surface area contributed by atoms with Gasteiger partial charge in [0.2, 0.25) is 5.89 Å². The Labute approximate surface area is 119 Å². The third-order valence-corrected chi connectivity index (χ3v) is 3.11. The largest absolute Gasteiger partial charge is 0.392 e. The Morgan fingerprint density at radius 2 is 2.00 bits per heavy atom. The molecule has 5 nitrogen and oxygen atoms in total. The number of aliphatic hydroxyl groups excluding tert-OH is 1. The zero-order valence-electron chi connectivity index (χ0n) is 11.9. The van der Waals surface area contributed by atoms with E-state index in [-0.39, 0.29) is 12.0 Å². The summed E-state index contributed by atoms with van der Waals surface area (Å²) in [5, 5.41) is 16.7. The second-order valence-corrected chi connectivity index (χ2v) is 5.21. The molecule has 1 heterocycles. The number of aliphatic hydroxyl groups is 1. The molecule has 2 N–H and O–H groups in total. The van der Waals surface area contributed by atoms with Crippen molar-refractivity contribution in [3.05, 3.63) is 47.6 Å². The van der Waals surface area contributed by atoms with Gasteiger partial charge in [0.15, 0.2) is 5.82 Å². The Hall–Kier alpha value is -1.72. The minimum atomic E-state index is -0.360. The molecule has 0 aliphatic heterocycles. The van der Waals surface area contributed by atoms with Crippen LogP contribution in [0.4, 0.5) is 0 Å². The summed E-state index contributed by atoms with van der Waals surface area (Å²) in [4.78, 5) is 4.33. The van der Waals surface area contributed by atoms with Crippen LogP contribution < -0.4 is 5.32 Å². The summed E-state index contributed by atoms with van der Waals surface area (Å²) >= 11 is 0. The van der Waals surface area contributed by atoms with Crippen LogP contribution in [-0.4, -0.2) is 27.9 Å². The molecule has 1 aromatic carbocycles. The minimum absolute atomic E-state index is 0.235. The lowest BCUT2D eigenvalue weighted by atomic mass is 10.1. The van der Waals surface area contributed by atoms with Gasteiger partial charge >= 0.3 is 0 Å². The molecule has 1 aromatic heterocycles. The predicted molar refractivity (Wildman–Crippen MR) is 76.1 cm³/mol. The predicted octanol–water partition coefficient (Wildman–Crippen LogP) is 1.77. The van der Waals surface area contributed by atoms with Crippen LogP contribution in [-0.2, 0) is 13.0 Å². The smallest absolute Gasteiger partial charge is 0.240 e.